The third-order valence-electron chi connectivity index (χ3n) is 5.47. The van der Waals surface area contributed by atoms with E-state index in [9.17, 15) is 18.4 Å². The molecule has 0 fully saturated rings. The molecule has 5 nitrogen and oxygen atoms in total. The van der Waals surface area contributed by atoms with Gasteiger partial charge < -0.3 is 15.0 Å². The van der Waals surface area contributed by atoms with Crippen LogP contribution in [0, 0.1) is 6.92 Å². The third kappa shape index (κ3) is 5.28. The molecule has 2 aromatic carbocycles. The molecule has 8 heteroatoms. The van der Waals surface area contributed by atoms with Crippen molar-refractivity contribution in [3.63, 3.8) is 0 Å². The van der Waals surface area contributed by atoms with Crippen LogP contribution in [-0.4, -0.2) is 29.9 Å². The second-order valence-corrected chi connectivity index (χ2v) is 8.56. The topological polar surface area (TPSA) is 58.6 Å². The van der Waals surface area contributed by atoms with Gasteiger partial charge >= 0.3 is 6.61 Å². The van der Waals surface area contributed by atoms with Gasteiger partial charge in [-0.2, -0.15) is 8.78 Å². The highest BCUT2D eigenvalue weighted by atomic mass is 32.1. The van der Waals surface area contributed by atoms with Crippen molar-refractivity contribution in [2.75, 3.05) is 11.9 Å². The van der Waals surface area contributed by atoms with Crippen LogP contribution in [0.15, 0.2) is 60.0 Å². The summed E-state index contributed by atoms with van der Waals surface area (Å²) in [5.74, 6) is -0.542. The molecule has 170 valence electrons. The number of halogens is 2. The highest BCUT2D eigenvalue weighted by molar-refractivity contribution is 7.10. The summed E-state index contributed by atoms with van der Waals surface area (Å²) in [7, 11) is 0. The number of amides is 2. The number of hydrogen-bond donors (Lipinski definition) is 1. The van der Waals surface area contributed by atoms with E-state index < -0.39 is 12.5 Å². The van der Waals surface area contributed by atoms with Gasteiger partial charge in [-0.25, -0.2) is 0 Å². The van der Waals surface area contributed by atoms with Gasteiger partial charge in [0, 0.05) is 40.9 Å². The number of ether oxygens (including phenoxy) is 1. The molecule has 0 saturated carbocycles. The summed E-state index contributed by atoms with van der Waals surface area (Å²) in [5, 5.41) is 4.81. The molecule has 3 aromatic rings. The molecule has 0 saturated heterocycles. The molecule has 0 atom stereocenters. The largest absolute Gasteiger partial charge is 0.434 e. The van der Waals surface area contributed by atoms with Crippen molar-refractivity contribution in [1.82, 2.24) is 4.90 Å². The van der Waals surface area contributed by atoms with Gasteiger partial charge in [0.15, 0.2) is 0 Å². The van der Waals surface area contributed by atoms with E-state index in [4.69, 9.17) is 0 Å². The van der Waals surface area contributed by atoms with Crippen LogP contribution in [0.1, 0.15) is 31.9 Å². The lowest BCUT2D eigenvalue weighted by Crippen LogP contribution is -2.35. The molecule has 1 aromatic heterocycles. The lowest BCUT2D eigenvalue weighted by molar-refractivity contribution is -0.111. The predicted molar refractivity (Wildman–Crippen MR) is 125 cm³/mol. The van der Waals surface area contributed by atoms with E-state index in [1.54, 1.807) is 54.7 Å². The Hall–Kier alpha value is -3.52. The van der Waals surface area contributed by atoms with Crippen molar-refractivity contribution in [2.45, 2.75) is 26.5 Å². The van der Waals surface area contributed by atoms with Crippen molar-refractivity contribution >= 4 is 34.9 Å². The number of alkyl halides is 2. The summed E-state index contributed by atoms with van der Waals surface area (Å²) in [5.41, 5.74) is 3.25. The summed E-state index contributed by atoms with van der Waals surface area (Å²) in [6.45, 7) is 0.0718. The summed E-state index contributed by atoms with van der Waals surface area (Å²) in [4.78, 5) is 28.8. The van der Waals surface area contributed by atoms with E-state index in [1.165, 1.54) is 28.7 Å². The fraction of sp³-hybridized carbons (Fsp3) is 0.200. The van der Waals surface area contributed by atoms with Crippen LogP contribution in [0.5, 0.6) is 5.75 Å². The van der Waals surface area contributed by atoms with Crippen molar-refractivity contribution in [2.24, 2.45) is 0 Å². The van der Waals surface area contributed by atoms with Crippen LogP contribution in [-0.2, 0) is 17.8 Å². The second kappa shape index (κ2) is 9.95. The van der Waals surface area contributed by atoms with Crippen LogP contribution in [0.25, 0.3) is 6.08 Å². The normalized spacial score (nSPS) is 13.3. The van der Waals surface area contributed by atoms with Gasteiger partial charge in [-0.3, -0.25) is 9.59 Å². The number of carbonyl (C=O) groups is 2. The van der Waals surface area contributed by atoms with Crippen molar-refractivity contribution in [1.29, 1.82) is 0 Å². The number of thiophene rings is 1. The second-order valence-electron chi connectivity index (χ2n) is 7.56. The van der Waals surface area contributed by atoms with Crippen molar-refractivity contribution in [3.05, 3.63) is 87.1 Å². The Morgan fingerprint density at radius 3 is 2.79 bits per heavy atom. The van der Waals surface area contributed by atoms with Gasteiger partial charge in [-0.15, -0.1) is 11.3 Å². The van der Waals surface area contributed by atoms with E-state index in [0.29, 0.717) is 35.5 Å². The van der Waals surface area contributed by atoms with Crippen LogP contribution >= 0.6 is 11.3 Å². The van der Waals surface area contributed by atoms with E-state index >= 15 is 0 Å². The predicted octanol–water partition coefficient (Wildman–Crippen LogP) is 5.51. The highest BCUT2D eigenvalue weighted by Crippen LogP contribution is 2.27. The lowest BCUT2D eigenvalue weighted by Gasteiger charge is -2.28. The Labute approximate surface area is 194 Å². The Kier molecular flexibility index (Phi) is 6.84. The number of fused-ring (bicyclic) bond motifs is 1. The molecular weight excluding hydrogens is 446 g/mol. The first kappa shape index (κ1) is 22.7. The van der Waals surface area contributed by atoms with Gasteiger partial charge in [0.25, 0.3) is 5.91 Å². The Morgan fingerprint density at radius 1 is 1.15 bits per heavy atom. The number of nitrogens with zero attached hydrogens (tertiary/aromatic N) is 1. The molecule has 2 heterocycles. The zero-order chi connectivity index (χ0) is 23.4. The van der Waals surface area contributed by atoms with E-state index in [-0.39, 0.29) is 11.7 Å². The summed E-state index contributed by atoms with van der Waals surface area (Å²) in [6, 6.07) is 13.5. The maximum Gasteiger partial charge on any atom is 0.387 e. The monoisotopic (exact) mass is 468 g/mol. The fourth-order valence-corrected chi connectivity index (χ4v) is 4.65. The summed E-state index contributed by atoms with van der Waals surface area (Å²) in [6.07, 6.45) is 3.49. The number of hydrogen-bond acceptors (Lipinski definition) is 4. The highest BCUT2D eigenvalue weighted by Gasteiger charge is 2.24. The standard InChI is InChI=1S/C25H22F2N2O3S/c1-16-19(24(31)29-13-11-22-18(15-29)12-14-33-22)6-4-7-20(16)28-23(30)10-9-17-5-2-3-8-21(17)32-25(26)27/h2-10,12,14,25H,11,13,15H2,1H3,(H,28,30)/b10-9+. The molecule has 0 bridgehead atoms. The number of carbonyl (C=O) groups excluding carboxylic acids is 2. The molecular formula is C25H22F2N2O3S. The third-order valence-corrected chi connectivity index (χ3v) is 6.49. The molecule has 0 radical (unpaired) electrons. The Morgan fingerprint density at radius 2 is 1.97 bits per heavy atom. The molecule has 1 aliphatic heterocycles. The van der Waals surface area contributed by atoms with Crippen LogP contribution in [0.3, 0.4) is 0 Å². The Balaban J connectivity index is 1.46. The minimum atomic E-state index is -2.96. The first-order valence-electron chi connectivity index (χ1n) is 10.4. The van der Waals surface area contributed by atoms with Gasteiger partial charge in [-0.05, 0) is 60.2 Å². The van der Waals surface area contributed by atoms with E-state index in [0.717, 1.165) is 6.42 Å². The zero-order valence-corrected chi connectivity index (χ0v) is 18.7. The zero-order valence-electron chi connectivity index (χ0n) is 17.9. The smallest absolute Gasteiger partial charge is 0.387 e. The number of benzene rings is 2. The van der Waals surface area contributed by atoms with Crippen molar-refractivity contribution < 1.29 is 23.1 Å². The van der Waals surface area contributed by atoms with Crippen LogP contribution in [0.4, 0.5) is 14.5 Å². The maximum absolute atomic E-state index is 13.2. The first-order chi connectivity index (χ1) is 15.9. The van der Waals surface area contributed by atoms with E-state index in [1.807, 2.05) is 10.3 Å². The van der Waals surface area contributed by atoms with Gasteiger partial charge in [0.2, 0.25) is 5.91 Å². The minimum absolute atomic E-state index is 0.0179. The number of anilines is 1. The number of nitrogens with one attached hydrogen (secondary N) is 1. The molecule has 0 aliphatic carbocycles. The number of para-hydroxylation sites is 1. The molecule has 1 N–H and O–H groups in total. The maximum atomic E-state index is 13.2. The van der Waals surface area contributed by atoms with E-state index in [2.05, 4.69) is 16.1 Å². The Bertz CT molecular complexity index is 1210. The van der Waals surface area contributed by atoms with Crippen molar-refractivity contribution in [3.8, 4) is 5.75 Å². The quantitative estimate of drug-likeness (QED) is 0.486. The van der Waals surface area contributed by atoms with Gasteiger partial charge in [0.05, 0.1) is 0 Å². The first-order valence-corrected chi connectivity index (χ1v) is 11.3. The molecule has 0 spiro atoms. The SMILES string of the molecule is Cc1c(NC(=O)/C=C/c2ccccc2OC(F)F)cccc1C(=O)N1CCc2sccc2C1. The average Bonchev–Trinajstić information content (AvgIpc) is 3.27. The molecule has 2 amide bonds. The summed E-state index contributed by atoms with van der Waals surface area (Å²) >= 11 is 1.72. The molecule has 33 heavy (non-hydrogen) atoms. The minimum Gasteiger partial charge on any atom is -0.434 e. The van der Waals surface area contributed by atoms with Crippen LogP contribution < -0.4 is 10.1 Å². The summed E-state index contributed by atoms with van der Waals surface area (Å²) < 4.78 is 29.6. The molecule has 1 aliphatic rings. The van der Waals surface area contributed by atoms with Gasteiger partial charge in [0.1, 0.15) is 5.75 Å². The number of rotatable bonds is 6. The van der Waals surface area contributed by atoms with Gasteiger partial charge in [-0.1, -0.05) is 24.3 Å². The average molecular weight is 469 g/mol. The lowest BCUT2D eigenvalue weighted by atomic mass is 10.0. The molecule has 4 rings (SSSR count). The van der Waals surface area contributed by atoms with Crippen LogP contribution in [0.2, 0.25) is 0 Å². The fourth-order valence-electron chi connectivity index (χ4n) is 3.76. The molecule has 0 unspecified atom stereocenters.